The summed E-state index contributed by atoms with van der Waals surface area (Å²) in [5.41, 5.74) is 5.22. The SMILES string of the molecule is CCc1nc2ccc(C(=O)N(C)C(C)c3nc4ccccc4s3)cc2nc1CC. The Hall–Kier alpha value is -2.86. The Kier molecular flexibility index (Phi) is 5.28. The number of para-hydroxylation sites is 1. The third-order valence-corrected chi connectivity index (χ3v) is 6.51. The monoisotopic (exact) mass is 404 g/mol. The van der Waals surface area contributed by atoms with Crippen LogP contribution in [0.4, 0.5) is 0 Å². The molecule has 5 nitrogen and oxygen atoms in total. The van der Waals surface area contributed by atoms with E-state index in [0.29, 0.717) is 5.56 Å². The van der Waals surface area contributed by atoms with Crippen molar-refractivity contribution in [2.75, 3.05) is 7.05 Å². The van der Waals surface area contributed by atoms with Crippen molar-refractivity contribution in [3.8, 4) is 0 Å². The van der Waals surface area contributed by atoms with Crippen molar-refractivity contribution < 1.29 is 4.79 Å². The molecule has 0 saturated heterocycles. The number of nitrogens with zero attached hydrogens (tertiary/aromatic N) is 4. The molecule has 0 aliphatic carbocycles. The van der Waals surface area contributed by atoms with Gasteiger partial charge in [-0.15, -0.1) is 11.3 Å². The molecule has 0 aliphatic rings. The van der Waals surface area contributed by atoms with Gasteiger partial charge in [0.05, 0.1) is 38.7 Å². The van der Waals surface area contributed by atoms with E-state index in [4.69, 9.17) is 15.0 Å². The molecule has 0 aliphatic heterocycles. The predicted molar refractivity (Wildman–Crippen MR) is 118 cm³/mol. The molecular formula is C23H24N4OS. The summed E-state index contributed by atoms with van der Waals surface area (Å²) in [4.78, 5) is 29.1. The molecule has 2 heterocycles. The summed E-state index contributed by atoms with van der Waals surface area (Å²) in [6.07, 6.45) is 1.69. The van der Waals surface area contributed by atoms with Crippen LogP contribution in [0.25, 0.3) is 21.3 Å². The first-order valence-electron chi connectivity index (χ1n) is 9.94. The summed E-state index contributed by atoms with van der Waals surface area (Å²) < 4.78 is 1.13. The van der Waals surface area contributed by atoms with Crippen molar-refractivity contribution in [2.45, 2.75) is 39.7 Å². The van der Waals surface area contributed by atoms with E-state index in [1.165, 1.54) is 0 Å². The van der Waals surface area contributed by atoms with Crippen LogP contribution >= 0.6 is 11.3 Å². The minimum atomic E-state index is -0.115. The zero-order valence-corrected chi connectivity index (χ0v) is 18.0. The average Bonchev–Trinajstić information content (AvgIpc) is 3.20. The van der Waals surface area contributed by atoms with Crippen LogP contribution in [0.3, 0.4) is 0 Å². The van der Waals surface area contributed by atoms with Gasteiger partial charge >= 0.3 is 0 Å². The van der Waals surface area contributed by atoms with E-state index in [2.05, 4.69) is 19.9 Å². The Bertz CT molecular complexity index is 1170. The number of hydrogen-bond donors (Lipinski definition) is 0. The molecule has 2 aromatic heterocycles. The fourth-order valence-corrected chi connectivity index (χ4v) is 4.50. The van der Waals surface area contributed by atoms with Gasteiger partial charge in [-0.3, -0.25) is 4.79 Å². The summed E-state index contributed by atoms with van der Waals surface area (Å²) >= 11 is 1.63. The highest BCUT2D eigenvalue weighted by molar-refractivity contribution is 7.18. The molecule has 0 radical (unpaired) electrons. The van der Waals surface area contributed by atoms with E-state index >= 15 is 0 Å². The highest BCUT2D eigenvalue weighted by Crippen LogP contribution is 2.29. The number of thiazole rings is 1. The van der Waals surface area contributed by atoms with Crippen LogP contribution in [0.5, 0.6) is 0 Å². The van der Waals surface area contributed by atoms with Crippen molar-refractivity contribution >= 4 is 38.5 Å². The fourth-order valence-electron chi connectivity index (χ4n) is 3.44. The summed E-state index contributed by atoms with van der Waals surface area (Å²) in [5, 5.41) is 0.934. The van der Waals surface area contributed by atoms with Crippen molar-refractivity contribution in [2.24, 2.45) is 0 Å². The predicted octanol–water partition coefficient (Wildman–Crippen LogP) is 5.20. The van der Waals surface area contributed by atoms with Gasteiger partial charge in [-0.2, -0.15) is 0 Å². The van der Waals surface area contributed by atoms with Gasteiger partial charge in [0.15, 0.2) is 0 Å². The van der Waals surface area contributed by atoms with Gasteiger partial charge in [-0.25, -0.2) is 15.0 Å². The topological polar surface area (TPSA) is 59.0 Å². The van der Waals surface area contributed by atoms with Gasteiger partial charge < -0.3 is 4.90 Å². The van der Waals surface area contributed by atoms with Crippen molar-refractivity contribution in [1.29, 1.82) is 0 Å². The molecule has 4 aromatic rings. The van der Waals surface area contributed by atoms with Gasteiger partial charge in [-0.05, 0) is 50.1 Å². The van der Waals surface area contributed by atoms with Gasteiger partial charge in [0, 0.05) is 12.6 Å². The third kappa shape index (κ3) is 3.60. The van der Waals surface area contributed by atoms with Gasteiger partial charge in [0.1, 0.15) is 5.01 Å². The number of rotatable bonds is 5. The minimum Gasteiger partial charge on any atom is -0.333 e. The molecule has 29 heavy (non-hydrogen) atoms. The second-order valence-electron chi connectivity index (χ2n) is 7.14. The number of benzene rings is 2. The molecule has 2 aromatic carbocycles. The quantitative estimate of drug-likeness (QED) is 0.459. The summed E-state index contributed by atoms with van der Waals surface area (Å²) in [5.74, 6) is -0.0435. The number of carbonyl (C=O) groups excluding carboxylic acids is 1. The zero-order valence-electron chi connectivity index (χ0n) is 17.1. The van der Waals surface area contributed by atoms with Crippen LogP contribution in [-0.4, -0.2) is 32.8 Å². The fraction of sp³-hybridized carbons (Fsp3) is 0.304. The number of aromatic nitrogens is 3. The van der Waals surface area contributed by atoms with E-state index < -0.39 is 0 Å². The lowest BCUT2D eigenvalue weighted by Crippen LogP contribution is -2.29. The number of aryl methyl sites for hydroxylation is 2. The second-order valence-corrected chi connectivity index (χ2v) is 8.20. The molecule has 4 rings (SSSR count). The molecule has 148 valence electrons. The van der Waals surface area contributed by atoms with Crippen LogP contribution in [0.2, 0.25) is 0 Å². The Morgan fingerprint density at radius 2 is 1.66 bits per heavy atom. The number of amides is 1. The normalized spacial score (nSPS) is 12.4. The van der Waals surface area contributed by atoms with Crippen LogP contribution in [0.1, 0.15) is 53.6 Å². The van der Waals surface area contributed by atoms with Crippen LogP contribution < -0.4 is 0 Å². The standard InChI is InChI=1S/C23H24N4OS/c1-5-16-17(6-2)25-20-13-15(11-12-18(20)24-16)23(28)27(4)14(3)22-26-19-9-7-8-10-21(19)29-22/h7-14H,5-6H2,1-4H3. The lowest BCUT2D eigenvalue weighted by molar-refractivity contribution is 0.0742. The van der Waals surface area contributed by atoms with E-state index in [1.54, 1.807) is 16.2 Å². The molecule has 1 amide bonds. The molecule has 0 saturated carbocycles. The van der Waals surface area contributed by atoms with E-state index in [-0.39, 0.29) is 11.9 Å². The van der Waals surface area contributed by atoms with Crippen LogP contribution in [0.15, 0.2) is 42.5 Å². The molecule has 0 N–H and O–H groups in total. The molecule has 1 atom stereocenters. The third-order valence-electron chi connectivity index (χ3n) is 5.31. The Labute approximate surface area is 174 Å². The van der Waals surface area contributed by atoms with E-state index in [9.17, 15) is 4.79 Å². The summed E-state index contributed by atoms with van der Waals surface area (Å²) in [6, 6.07) is 13.5. The second kappa shape index (κ2) is 7.87. The van der Waals surface area contributed by atoms with Crippen LogP contribution in [0, 0.1) is 0 Å². The van der Waals surface area contributed by atoms with Gasteiger partial charge in [0.2, 0.25) is 0 Å². The smallest absolute Gasteiger partial charge is 0.254 e. The van der Waals surface area contributed by atoms with Gasteiger partial charge in [-0.1, -0.05) is 26.0 Å². The first-order valence-corrected chi connectivity index (χ1v) is 10.8. The van der Waals surface area contributed by atoms with Crippen molar-refractivity contribution in [1.82, 2.24) is 19.9 Å². The highest BCUT2D eigenvalue weighted by atomic mass is 32.1. The Balaban J connectivity index is 1.64. The van der Waals surface area contributed by atoms with Crippen LogP contribution in [-0.2, 0) is 12.8 Å². The number of carbonyl (C=O) groups is 1. The number of hydrogen-bond acceptors (Lipinski definition) is 5. The van der Waals surface area contributed by atoms with E-state index in [0.717, 1.165) is 50.5 Å². The lowest BCUT2D eigenvalue weighted by Gasteiger charge is -2.23. The summed E-state index contributed by atoms with van der Waals surface area (Å²) in [7, 11) is 1.83. The first kappa shape index (κ1) is 19.5. The zero-order chi connectivity index (χ0) is 20.5. The molecule has 0 bridgehead atoms. The van der Waals surface area contributed by atoms with Crippen molar-refractivity contribution in [3.05, 3.63) is 64.4 Å². The maximum absolute atomic E-state index is 13.2. The van der Waals surface area contributed by atoms with Crippen molar-refractivity contribution in [3.63, 3.8) is 0 Å². The molecular weight excluding hydrogens is 380 g/mol. The minimum absolute atomic E-state index is 0.0435. The molecule has 1 unspecified atom stereocenters. The molecule has 0 fully saturated rings. The highest BCUT2D eigenvalue weighted by Gasteiger charge is 2.22. The van der Waals surface area contributed by atoms with E-state index in [1.807, 2.05) is 50.4 Å². The number of fused-ring (bicyclic) bond motifs is 2. The first-order chi connectivity index (χ1) is 14.0. The Morgan fingerprint density at radius 1 is 0.966 bits per heavy atom. The average molecular weight is 405 g/mol. The summed E-state index contributed by atoms with van der Waals surface area (Å²) in [6.45, 7) is 6.18. The maximum Gasteiger partial charge on any atom is 0.254 e. The lowest BCUT2D eigenvalue weighted by atomic mass is 10.1. The van der Waals surface area contributed by atoms with Gasteiger partial charge in [0.25, 0.3) is 5.91 Å². The Morgan fingerprint density at radius 3 is 2.34 bits per heavy atom. The maximum atomic E-state index is 13.2. The molecule has 0 spiro atoms. The molecule has 6 heteroatoms. The largest absolute Gasteiger partial charge is 0.333 e.